The van der Waals surface area contributed by atoms with Gasteiger partial charge in [0.1, 0.15) is 11.5 Å². The summed E-state index contributed by atoms with van der Waals surface area (Å²) in [6.07, 6.45) is -3.49. The number of H-pyrrole nitrogens is 1. The molecule has 106 valence electrons. The number of aromatic nitrogens is 2. The molecule has 0 saturated heterocycles. The molecule has 0 aliphatic rings. The normalized spacial score (nSPS) is 11.4. The highest BCUT2D eigenvalue weighted by Gasteiger charge is 2.31. The van der Waals surface area contributed by atoms with Crippen LogP contribution in [0.4, 0.5) is 28.9 Å². The fraction of sp³-hybridized carbons (Fsp3) is 0.0909. The number of nitrogen functional groups attached to an aromatic ring is 1. The van der Waals surface area contributed by atoms with Gasteiger partial charge in [0.15, 0.2) is 0 Å². The lowest BCUT2D eigenvalue weighted by molar-refractivity contribution is -0.137. The lowest BCUT2D eigenvalue weighted by Gasteiger charge is -2.10. The Morgan fingerprint density at radius 3 is 2.60 bits per heavy atom. The summed E-state index contributed by atoms with van der Waals surface area (Å²) >= 11 is 0. The summed E-state index contributed by atoms with van der Waals surface area (Å²) in [7, 11) is 0. The Balaban J connectivity index is 2.30. The summed E-state index contributed by atoms with van der Waals surface area (Å²) in [6.45, 7) is 0. The average molecular weight is 288 g/mol. The molecule has 0 saturated carbocycles. The highest BCUT2D eigenvalue weighted by molar-refractivity contribution is 6.06. The second kappa shape index (κ2) is 4.83. The van der Waals surface area contributed by atoms with Crippen LogP contribution in [-0.4, -0.2) is 16.1 Å². The quantitative estimate of drug-likeness (QED) is 0.742. The lowest BCUT2D eigenvalue weighted by atomic mass is 10.2. The average Bonchev–Trinajstić information content (AvgIpc) is 2.77. The molecule has 20 heavy (non-hydrogen) atoms. The molecule has 4 N–H and O–H groups in total. The Hall–Kier alpha value is -2.58. The van der Waals surface area contributed by atoms with Crippen LogP contribution in [0, 0.1) is 5.82 Å². The van der Waals surface area contributed by atoms with Gasteiger partial charge in [-0.15, -0.1) is 0 Å². The van der Waals surface area contributed by atoms with Gasteiger partial charge in [-0.1, -0.05) is 0 Å². The summed E-state index contributed by atoms with van der Waals surface area (Å²) < 4.78 is 50.9. The van der Waals surface area contributed by atoms with Gasteiger partial charge in [0, 0.05) is 0 Å². The number of anilines is 2. The van der Waals surface area contributed by atoms with Gasteiger partial charge in [0.2, 0.25) is 0 Å². The van der Waals surface area contributed by atoms with E-state index in [1.54, 1.807) is 0 Å². The largest absolute Gasteiger partial charge is 0.416 e. The van der Waals surface area contributed by atoms with E-state index in [9.17, 15) is 22.4 Å². The molecule has 0 atom stereocenters. The predicted octanol–water partition coefficient (Wildman–Crippen LogP) is 2.40. The van der Waals surface area contributed by atoms with E-state index in [0.29, 0.717) is 18.2 Å². The molecule has 0 bridgehead atoms. The molecule has 5 nitrogen and oxygen atoms in total. The number of alkyl halides is 3. The number of rotatable bonds is 2. The van der Waals surface area contributed by atoms with Crippen LogP contribution < -0.4 is 11.1 Å². The maximum atomic E-state index is 13.4. The topological polar surface area (TPSA) is 83.8 Å². The predicted molar refractivity (Wildman–Crippen MR) is 62.4 cm³/mol. The van der Waals surface area contributed by atoms with Gasteiger partial charge in [-0.3, -0.25) is 9.89 Å². The highest BCUT2D eigenvalue weighted by atomic mass is 19.4. The minimum Gasteiger partial charge on any atom is -0.396 e. The van der Waals surface area contributed by atoms with Crippen molar-refractivity contribution in [3.8, 4) is 0 Å². The van der Waals surface area contributed by atoms with Crippen LogP contribution in [0.1, 0.15) is 16.1 Å². The Morgan fingerprint density at radius 1 is 1.35 bits per heavy atom. The van der Waals surface area contributed by atoms with Crippen LogP contribution in [0.5, 0.6) is 0 Å². The van der Waals surface area contributed by atoms with Crippen molar-refractivity contribution in [1.82, 2.24) is 10.2 Å². The van der Waals surface area contributed by atoms with Crippen LogP contribution in [-0.2, 0) is 6.18 Å². The van der Waals surface area contributed by atoms with Gasteiger partial charge < -0.3 is 11.1 Å². The fourth-order valence-corrected chi connectivity index (χ4v) is 1.46. The molecule has 0 aliphatic carbocycles. The number of halogens is 4. The maximum absolute atomic E-state index is 13.4. The number of nitrogens with two attached hydrogens (primary N) is 1. The highest BCUT2D eigenvalue weighted by Crippen LogP contribution is 2.31. The molecule has 1 heterocycles. The third-order valence-corrected chi connectivity index (χ3v) is 2.44. The Kier molecular flexibility index (Phi) is 3.35. The first-order valence-corrected chi connectivity index (χ1v) is 5.26. The van der Waals surface area contributed by atoms with Crippen LogP contribution in [0.2, 0.25) is 0 Å². The molecule has 0 radical (unpaired) electrons. The van der Waals surface area contributed by atoms with Crippen LogP contribution >= 0.6 is 0 Å². The van der Waals surface area contributed by atoms with E-state index in [0.717, 1.165) is 6.20 Å². The van der Waals surface area contributed by atoms with Crippen molar-refractivity contribution in [3.05, 3.63) is 41.5 Å². The van der Waals surface area contributed by atoms with Crippen molar-refractivity contribution in [2.75, 3.05) is 11.1 Å². The molecule has 9 heteroatoms. The Bertz CT molecular complexity index is 650. The van der Waals surface area contributed by atoms with Crippen molar-refractivity contribution in [1.29, 1.82) is 0 Å². The second-order valence-corrected chi connectivity index (χ2v) is 3.85. The molecular weight excluding hydrogens is 280 g/mol. The van der Waals surface area contributed by atoms with E-state index in [2.05, 4.69) is 10.2 Å². The first-order chi connectivity index (χ1) is 9.29. The van der Waals surface area contributed by atoms with Gasteiger partial charge in [0.25, 0.3) is 5.91 Å². The van der Waals surface area contributed by atoms with E-state index in [4.69, 9.17) is 5.73 Å². The fourth-order valence-electron chi connectivity index (χ4n) is 1.46. The smallest absolute Gasteiger partial charge is 0.396 e. The molecular formula is C11H8F4N4O. The molecule has 0 aliphatic heterocycles. The van der Waals surface area contributed by atoms with Crippen molar-refractivity contribution in [2.45, 2.75) is 6.18 Å². The number of hydrogen-bond acceptors (Lipinski definition) is 3. The number of nitrogens with one attached hydrogen (secondary N) is 2. The third-order valence-electron chi connectivity index (χ3n) is 2.44. The number of aromatic amines is 1. The van der Waals surface area contributed by atoms with Crippen molar-refractivity contribution >= 4 is 17.3 Å². The number of carbonyl (C=O) groups excluding carboxylic acids is 1. The van der Waals surface area contributed by atoms with E-state index in [1.165, 1.54) is 0 Å². The SMILES string of the molecule is Nc1cn[nH]c1C(=O)Nc1cc(C(F)(F)F)ccc1F. The van der Waals surface area contributed by atoms with Gasteiger partial charge in [-0.05, 0) is 18.2 Å². The number of amides is 1. The van der Waals surface area contributed by atoms with Crippen LogP contribution in [0.15, 0.2) is 24.4 Å². The summed E-state index contributed by atoms with van der Waals surface area (Å²) in [5.41, 5.74) is 3.56. The molecule has 2 aromatic rings. The van der Waals surface area contributed by atoms with Crippen molar-refractivity contribution < 1.29 is 22.4 Å². The second-order valence-electron chi connectivity index (χ2n) is 3.85. The third kappa shape index (κ3) is 2.71. The summed E-state index contributed by atoms with van der Waals surface area (Å²) in [4.78, 5) is 11.7. The minimum atomic E-state index is -4.64. The number of nitrogens with zero attached hydrogens (tertiary/aromatic N) is 1. The zero-order chi connectivity index (χ0) is 14.9. The number of carbonyl (C=O) groups is 1. The number of hydrogen-bond donors (Lipinski definition) is 3. The monoisotopic (exact) mass is 288 g/mol. The first kappa shape index (κ1) is 13.8. The standard InChI is InChI=1S/C11H8F4N4O/c12-6-2-1-5(11(13,14)15)3-8(6)18-10(20)9-7(16)4-17-19-9/h1-4H,16H2,(H,17,19)(H,18,20). The lowest BCUT2D eigenvalue weighted by Crippen LogP contribution is -2.16. The summed E-state index contributed by atoms with van der Waals surface area (Å²) in [5.74, 6) is -1.89. The molecule has 0 fully saturated rings. The van der Waals surface area contributed by atoms with Crippen molar-refractivity contribution in [3.63, 3.8) is 0 Å². The van der Waals surface area contributed by atoms with Gasteiger partial charge in [-0.2, -0.15) is 18.3 Å². The van der Waals surface area contributed by atoms with Crippen LogP contribution in [0.25, 0.3) is 0 Å². The Labute approximate surface area is 109 Å². The van der Waals surface area contributed by atoms with E-state index in [1.807, 2.05) is 5.32 Å². The molecule has 2 rings (SSSR count). The summed E-state index contributed by atoms with van der Waals surface area (Å²) in [6, 6.07) is 1.70. The van der Waals surface area contributed by atoms with Gasteiger partial charge in [-0.25, -0.2) is 4.39 Å². The summed E-state index contributed by atoms with van der Waals surface area (Å²) in [5, 5.41) is 7.74. The molecule has 0 spiro atoms. The van der Waals surface area contributed by atoms with Gasteiger partial charge in [0.05, 0.1) is 23.1 Å². The minimum absolute atomic E-state index is 0.00474. The zero-order valence-electron chi connectivity index (χ0n) is 9.75. The van der Waals surface area contributed by atoms with Crippen molar-refractivity contribution in [2.24, 2.45) is 0 Å². The molecule has 1 aromatic heterocycles. The number of benzene rings is 1. The van der Waals surface area contributed by atoms with E-state index < -0.39 is 29.2 Å². The molecule has 1 aromatic carbocycles. The Morgan fingerprint density at radius 2 is 2.05 bits per heavy atom. The molecule has 1 amide bonds. The zero-order valence-corrected chi connectivity index (χ0v) is 9.75. The van der Waals surface area contributed by atoms with E-state index >= 15 is 0 Å². The first-order valence-electron chi connectivity index (χ1n) is 5.26. The molecule has 0 unspecified atom stereocenters. The maximum Gasteiger partial charge on any atom is 0.416 e. The van der Waals surface area contributed by atoms with Gasteiger partial charge >= 0.3 is 6.18 Å². The van der Waals surface area contributed by atoms with Crippen LogP contribution in [0.3, 0.4) is 0 Å². The van der Waals surface area contributed by atoms with E-state index in [-0.39, 0.29) is 11.4 Å².